The summed E-state index contributed by atoms with van der Waals surface area (Å²) in [5.41, 5.74) is 7.41. The Kier molecular flexibility index (Phi) is 21.6. The number of nitrogens with two attached hydrogens (primary N) is 1. The molecule has 0 bridgehead atoms. The molecule has 0 fully saturated rings. The highest BCUT2D eigenvalue weighted by Crippen LogP contribution is 2.11. The maximum Gasteiger partial charge on any atom is -0.0195 e. The fraction of sp³-hybridized carbons (Fsp3) is 0.500. The summed E-state index contributed by atoms with van der Waals surface area (Å²) in [6.45, 7) is 16.7. The highest BCUT2D eigenvalue weighted by molar-refractivity contribution is 5.25. The van der Waals surface area contributed by atoms with Crippen molar-refractivity contribution in [3.05, 3.63) is 48.6 Å². The van der Waals surface area contributed by atoms with Crippen molar-refractivity contribution in [2.75, 3.05) is 7.05 Å². The van der Waals surface area contributed by atoms with Crippen LogP contribution in [0.2, 0.25) is 0 Å². The number of benzene rings is 1. The fourth-order valence-electron chi connectivity index (χ4n) is 1.28. The molecule has 0 saturated carbocycles. The molecule has 1 aromatic rings. The first-order chi connectivity index (χ1) is 8.20. The molecule has 1 rings (SSSR count). The second-order valence-corrected chi connectivity index (χ2v) is 3.52. The first-order valence-corrected chi connectivity index (χ1v) is 6.32. The van der Waals surface area contributed by atoms with Gasteiger partial charge in [-0.05, 0) is 37.4 Å². The Morgan fingerprint density at radius 2 is 1.47 bits per heavy atom. The van der Waals surface area contributed by atoms with Gasteiger partial charge in [0.1, 0.15) is 0 Å². The standard InChI is InChI=1S/C11H16.C2H6.C2H4.CH5N/c1-9(2)8-11-7-5-4-6-10(11)3;3*1-2/h4-7,9H,8H2,1-3H3;1-2H3;1-2H2;2H2,1H3. The van der Waals surface area contributed by atoms with Crippen LogP contribution in [0.4, 0.5) is 0 Å². The van der Waals surface area contributed by atoms with E-state index in [1.54, 1.807) is 0 Å². The van der Waals surface area contributed by atoms with Crippen molar-refractivity contribution < 1.29 is 0 Å². The van der Waals surface area contributed by atoms with Gasteiger partial charge in [0.15, 0.2) is 0 Å². The van der Waals surface area contributed by atoms with E-state index in [4.69, 9.17) is 0 Å². The summed E-state index contributed by atoms with van der Waals surface area (Å²) in [5.74, 6) is 0.760. The SMILES string of the molecule is C=C.CC.CN.Cc1ccccc1CC(C)C. The second kappa shape index (κ2) is 17.3. The normalized spacial score (nSPS) is 7.76. The van der Waals surface area contributed by atoms with Gasteiger partial charge in [0, 0.05) is 0 Å². The van der Waals surface area contributed by atoms with E-state index in [2.05, 4.69) is 63.9 Å². The molecule has 0 amide bonds. The summed E-state index contributed by atoms with van der Waals surface area (Å²) in [6, 6.07) is 8.61. The van der Waals surface area contributed by atoms with Crippen molar-refractivity contribution in [1.82, 2.24) is 0 Å². The molecule has 0 radical (unpaired) electrons. The van der Waals surface area contributed by atoms with E-state index in [0.717, 1.165) is 5.92 Å². The maximum atomic E-state index is 4.50. The third-order valence-electron chi connectivity index (χ3n) is 1.89. The summed E-state index contributed by atoms with van der Waals surface area (Å²) in [7, 11) is 1.50. The van der Waals surface area contributed by atoms with E-state index in [-0.39, 0.29) is 0 Å². The largest absolute Gasteiger partial charge is 0.333 e. The summed E-state index contributed by atoms with van der Waals surface area (Å²) in [6.07, 6.45) is 1.20. The van der Waals surface area contributed by atoms with Crippen molar-refractivity contribution in [3.63, 3.8) is 0 Å². The smallest absolute Gasteiger partial charge is 0.0195 e. The van der Waals surface area contributed by atoms with Crippen LogP contribution in [0, 0.1) is 12.8 Å². The Labute approximate surface area is 109 Å². The van der Waals surface area contributed by atoms with Crippen molar-refractivity contribution >= 4 is 0 Å². The molecule has 17 heavy (non-hydrogen) atoms. The zero-order valence-electron chi connectivity index (χ0n) is 12.6. The van der Waals surface area contributed by atoms with Crippen molar-refractivity contribution in [2.24, 2.45) is 11.7 Å². The van der Waals surface area contributed by atoms with Crippen molar-refractivity contribution in [3.8, 4) is 0 Å². The van der Waals surface area contributed by atoms with E-state index >= 15 is 0 Å². The topological polar surface area (TPSA) is 26.0 Å². The van der Waals surface area contributed by atoms with Gasteiger partial charge in [-0.15, -0.1) is 13.2 Å². The van der Waals surface area contributed by atoms with E-state index in [0.29, 0.717) is 0 Å². The molecule has 0 atom stereocenters. The first-order valence-electron chi connectivity index (χ1n) is 6.32. The lowest BCUT2D eigenvalue weighted by Gasteiger charge is -2.07. The highest BCUT2D eigenvalue weighted by atomic mass is 14.4. The monoisotopic (exact) mass is 237 g/mol. The third-order valence-corrected chi connectivity index (χ3v) is 1.89. The van der Waals surface area contributed by atoms with Gasteiger partial charge in [-0.1, -0.05) is 52.0 Å². The molecule has 2 N–H and O–H groups in total. The minimum Gasteiger partial charge on any atom is -0.333 e. The lowest BCUT2D eigenvalue weighted by Crippen LogP contribution is -1.95. The predicted octanol–water partition coefficient (Wildman–Crippen LogP) is 4.60. The number of hydrogen-bond acceptors (Lipinski definition) is 1. The molecule has 1 heteroatoms. The molecule has 0 spiro atoms. The van der Waals surface area contributed by atoms with E-state index in [1.807, 2.05) is 13.8 Å². The van der Waals surface area contributed by atoms with Crippen molar-refractivity contribution in [1.29, 1.82) is 0 Å². The maximum absolute atomic E-state index is 4.50. The Balaban J connectivity index is -0.000000285. The van der Waals surface area contributed by atoms with Crippen LogP contribution < -0.4 is 5.73 Å². The fourth-order valence-corrected chi connectivity index (χ4v) is 1.28. The molecule has 0 unspecified atom stereocenters. The first kappa shape index (κ1) is 21.2. The van der Waals surface area contributed by atoms with Crippen LogP contribution in [0.3, 0.4) is 0 Å². The van der Waals surface area contributed by atoms with E-state index < -0.39 is 0 Å². The Bertz CT molecular complexity index is 241. The highest BCUT2D eigenvalue weighted by Gasteiger charge is 1.98. The molecule has 1 nitrogen and oxygen atoms in total. The van der Waals surface area contributed by atoms with E-state index in [1.165, 1.54) is 24.6 Å². The molecule has 0 heterocycles. The van der Waals surface area contributed by atoms with Crippen LogP contribution in [-0.4, -0.2) is 7.05 Å². The van der Waals surface area contributed by atoms with Gasteiger partial charge in [0.05, 0.1) is 0 Å². The van der Waals surface area contributed by atoms with Crippen LogP contribution in [0.5, 0.6) is 0 Å². The third kappa shape index (κ3) is 12.9. The van der Waals surface area contributed by atoms with Crippen LogP contribution in [0.15, 0.2) is 37.4 Å². The Morgan fingerprint density at radius 1 is 1.06 bits per heavy atom. The number of aryl methyl sites for hydroxylation is 1. The molecular weight excluding hydrogens is 206 g/mol. The number of rotatable bonds is 2. The van der Waals surface area contributed by atoms with Gasteiger partial charge in [-0.3, -0.25) is 0 Å². The molecule has 0 saturated heterocycles. The van der Waals surface area contributed by atoms with Crippen LogP contribution >= 0.6 is 0 Å². The lowest BCUT2D eigenvalue weighted by molar-refractivity contribution is 0.645. The van der Waals surface area contributed by atoms with Gasteiger partial charge in [0.25, 0.3) is 0 Å². The van der Waals surface area contributed by atoms with Gasteiger partial charge in [0.2, 0.25) is 0 Å². The molecule has 1 aromatic carbocycles. The summed E-state index contributed by atoms with van der Waals surface area (Å²) in [5, 5.41) is 0. The minimum atomic E-state index is 0.760. The average Bonchev–Trinajstić information content (AvgIpc) is 2.39. The molecular formula is C16H31N. The van der Waals surface area contributed by atoms with Gasteiger partial charge in [-0.25, -0.2) is 0 Å². The van der Waals surface area contributed by atoms with Crippen LogP contribution in [0.1, 0.15) is 38.8 Å². The number of hydrogen-bond donors (Lipinski definition) is 1. The van der Waals surface area contributed by atoms with Gasteiger partial charge < -0.3 is 5.73 Å². The zero-order chi connectivity index (χ0) is 14.3. The Hall–Kier alpha value is -1.08. The summed E-state index contributed by atoms with van der Waals surface area (Å²) < 4.78 is 0. The quantitative estimate of drug-likeness (QED) is 0.748. The molecule has 0 aliphatic heterocycles. The molecule has 0 aromatic heterocycles. The average molecular weight is 237 g/mol. The van der Waals surface area contributed by atoms with Crippen LogP contribution in [-0.2, 0) is 6.42 Å². The minimum absolute atomic E-state index is 0.760. The molecule has 0 aliphatic rings. The Morgan fingerprint density at radius 3 is 1.82 bits per heavy atom. The zero-order valence-corrected chi connectivity index (χ0v) is 12.6. The lowest BCUT2D eigenvalue weighted by atomic mass is 9.99. The van der Waals surface area contributed by atoms with E-state index in [9.17, 15) is 0 Å². The van der Waals surface area contributed by atoms with Crippen LogP contribution in [0.25, 0.3) is 0 Å². The molecule has 0 aliphatic carbocycles. The second-order valence-electron chi connectivity index (χ2n) is 3.52. The molecule has 100 valence electrons. The van der Waals surface area contributed by atoms with Crippen molar-refractivity contribution in [2.45, 2.75) is 41.0 Å². The van der Waals surface area contributed by atoms with Gasteiger partial charge in [-0.2, -0.15) is 0 Å². The summed E-state index contributed by atoms with van der Waals surface area (Å²) >= 11 is 0. The summed E-state index contributed by atoms with van der Waals surface area (Å²) in [4.78, 5) is 0. The van der Waals surface area contributed by atoms with Gasteiger partial charge >= 0.3 is 0 Å². The predicted molar refractivity (Wildman–Crippen MR) is 82.4 cm³/mol.